The predicted molar refractivity (Wildman–Crippen MR) is 277 cm³/mol. The molecule has 0 radical (unpaired) electrons. The Bertz CT molecular complexity index is 2410. The smallest absolute Gasteiger partial charge is 0.118 e. The van der Waals surface area contributed by atoms with Gasteiger partial charge in [0.15, 0.2) is 0 Å². The van der Waals surface area contributed by atoms with Crippen molar-refractivity contribution in [2.24, 2.45) is 0 Å². The van der Waals surface area contributed by atoms with E-state index in [4.69, 9.17) is 4.74 Å². The Morgan fingerprint density at radius 3 is 1.02 bits per heavy atom. The number of benzene rings is 6. The monoisotopic (exact) mass is 849 g/mol. The van der Waals surface area contributed by atoms with Gasteiger partial charge in [-0.25, -0.2) is 0 Å². The minimum absolute atomic E-state index is 0.00349. The second-order valence-electron chi connectivity index (χ2n) is 19.5. The van der Waals surface area contributed by atoms with Crippen LogP contribution in [0, 0.1) is 0 Å². The molecule has 0 unspecified atom stereocenters. The molecule has 0 aliphatic heterocycles. The van der Waals surface area contributed by atoms with Gasteiger partial charge in [-0.1, -0.05) is 227 Å². The van der Waals surface area contributed by atoms with Crippen LogP contribution in [0.3, 0.4) is 0 Å². The molecule has 0 saturated carbocycles. The molecule has 0 saturated heterocycles. The molecule has 0 bridgehead atoms. The van der Waals surface area contributed by atoms with Gasteiger partial charge in [0.05, 0.1) is 7.11 Å². The lowest BCUT2D eigenvalue weighted by molar-refractivity contribution is 0.401. The van der Waals surface area contributed by atoms with Crippen LogP contribution in [-0.2, 0) is 10.8 Å². The molecule has 0 spiro atoms. The van der Waals surface area contributed by atoms with Gasteiger partial charge >= 0.3 is 0 Å². The van der Waals surface area contributed by atoms with E-state index in [-0.39, 0.29) is 10.8 Å². The molecule has 0 fully saturated rings. The Morgan fingerprint density at radius 1 is 0.312 bits per heavy atom. The van der Waals surface area contributed by atoms with Crippen LogP contribution in [0.15, 0.2) is 127 Å². The third-order valence-electron chi connectivity index (χ3n) is 15.4. The van der Waals surface area contributed by atoms with Gasteiger partial charge in [0.25, 0.3) is 0 Å². The number of fused-ring (bicyclic) bond motifs is 6. The molecule has 0 aromatic heterocycles. The molecule has 6 aromatic carbocycles. The zero-order valence-electron chi connectivity index (χ0n) is 40.2. The number of methoxy groups -OCH3 is 1. The summed E-state index contributed by atoms with van der Waals surface area (Å²) in [6, 6.07) is 49.8. The van der Waals surface area contributed by atoms with E-state index in [0.29, 0.717) is 0 Å². The average molecular weight is 849 g/mol. The average Bonchev–Trinajstić information content (AvgIpc) is 3.77. The van der Waals surface area contributed by atoms with E-state index in [1.54, 1.807) is 29.4 Å². The van der Waals surface area contributed by atoms with E-state index in [9.17, 15) is 0 Å². The lowest BCUT2D eigenvalue weighted by Crippen LogP contribution is -2.26. The van der Waals surface area contributed by atoms with Crippen LogP contribution in [0.25, 0.3) is 55.6 Å². The van der Waals surface area contributed by atoms with E-state index < -0.39 is 0 Å². The zero-order chi connectivity index (χ0) is 44.4. The van der Waals surface area contributed by atoms with Crippen LogP contribution >= 0.6 is 0 Å². The standard InChI is InChI=1S/C63H76O/c1-6-10-14-20-40-62(41-21-15-11-7-2)58-25-19-18-24-54(58)55-38-33-51(45-59(55)62)52-34-39-57-56-37-32-50(49-28-26-47(27-29-49)48-30-35-53(64-5)36-31-48)44-60(56)63(61(57)46-52,42-22-16-12-8-3)43-23-17-13-9-4/h18-19,24-39,44-46H,6-17,20-23,40-43H2,1-5H3. The Hall–Kier alpha value is -4.88. The first-order chi connectivity index (χ1) is 31.5. The van der Waals surface area contributed by atoms with Crippen LogP contribution in [-0.4, -0.2) is 7.11 Å². The van der Waals surface area contributed by atoms with Gasteiger partial charge in [0.1, 0.15) is 5.75 Å². The van der Waals surface area contributed by atoms with Crippen molar-refractivity contribution in [3.05, 3.63) is 150 Å². The third-order valence-corrected chi connectivity index (χ3v) is 15.4. The second-order valence-corrected chi connectivity index (χ2v) is 19.5. The van der Waals surface area contributed by atoms with Crippen molar-refractivity contribution < 1.29 is 4.74 Å². The highest BCUT2D eigenvalue weighted by molar-refractivity contribution is 5.88. The quantitative estimate of drug-likeness (QED) is 0.0552. The highest BCUT2D eigenvalue weighted by Crippen LogP contribution is 2.58. The molecule has 1 nitrogen and oxygen atoms in total. The first-order valence-electron chi connectivity index (χ1n) is 25.8. The summed E-state index contributed by atoms with van der Waals surface area (Å²) < 4.78 is 5.43. The summed E-state index contributed by atoms with van der Waals surface area (Å²) in [6.07, 6.45) is 25.6. The van der Waals surface area contributed by atoms with Gasteiger partial charge < -0.3 is 4.74 Å². The van der Waals surface area contributed by atoms with Crippen molar-refractivity contribution in [1.82, 2.24) is 0 Å². The number of unbranched alkanes of at least 4 members (excludes halogenated alkanes) is 12. The Morgan fingerprint density at radius 2 is 0.625 bits per heavy atom. The summed E-state index contributed by atoms with van der Waals surface area (Å²) in [5.41, 5.74) is 20.1. The molecule has 0 amide bonds. The fourth-order valence-corrected chi connectivity index (χ4v) is 11.9. The Balaban J connectivity index is 1.21. The van der Waals surface area contributed by atoms with Crippen LogP contribution in [0.5, 0.6) is 5.75 Å². The molecule has 0 N–H and O–H groups in total. The highest BCUT2D eigenvalue weighted by atomic mass is 16.5. The Kier molecular flexibility index (Phi) is 15.3. The maximum atomic E-state index is 5.43. The summed E-state index contributed by atoms with van der Waals surface area (Å²) in [5.74, 6) is 0.890. The maximum absolute atomic E-state index is 5.43. The van der Waals surface area contributed by atoms with Crippen molar-refractivity contribution in [2.75, 3.05) is 7.11 Å². The lowest BCUT2D eigenvalue weighted by Gasteiger charge is -2.34. The van der Waals surface area contributed by atoms with E-state index in [2.05, 4.69) is 155 Å². The van der Waals surface area contributed by atoms with Gasteiger partial charge in [-0.2, -0.15) is 0 Å². The molecule has 64 heavy (non-hydrogen) atoms. The van der Waals surface area contributed by atoms with Crippen LogP contribution in [0.2, 0.25) is 0 Å². The predicted octanol–water partition coefficient (Wildman–Crippen LogP) is 19.1. The Labute approximate surface area is 388 Å². The number of hydrogen-bond acceptors (Lipinski definition) is 1. The number of ether oxygens (including phenoxy) is 1. The van der Waals surface area contributed by atoms with Crippen LogP contribution in [0.4, 0.5) is 0 Å². The molecule has 8 rings (SSSR count). The van der Waals surface area contributed by atoms with Crippen molar-refractivity contribution >= 4 is 0 Å². The van der Waals surface area contributed by atoms with E-state index >= 15 is 0 Å². The van der Waals surface area contributed by atoms with Crippen molar-refractivity contribution in [2.45, 2.75) is 167 Å². The van der Waals surface area contributed by atoms with E-state index in [1.165, 1.54) is 184 Å². The molecule has 334 valence electrons. The van der Waals surface area contributed by atoms with Gasteiger partial charge in [-0.05, 0) is 134 Å². The summed E-state index contributed by atoms with van der Waals surface area (Å²) in [6.45, 7) is 9.38. The largest absolute Gasteiger partial charge is 0.497 e. The first-order valence-corrected chi connectivity index (χ1v) is 25.8. The second kappa shape index (κ2) is 21.4. The topological polar surface area (TPSA) is 9.23 Å². The van der Waals surface area contributed by atoms with Gasteiger partial charge in [-0.3, -0.25) is 0 Å². The molecule has 0 atom stereocenters. The number of hydrogen-bond donors (Lipinski definition) is 0. The molecular formula is C63H76O. The SMILES string of the molecule is CCCCCCC1(CCCCCC)c2ccccc2-c2ccc(-c3ccc4c(c3)C(CCCCCC)(CCCCCC)c3cc(-c5ccc(-c6ccc(OC)cc6)cc5)ccc3-4)cc21. The van der Waals surface area contributed by atoms with E-state index in [0.717, 1.165) is 5.75 Å². The van der Waals surface area contributed by atoms with Crippen molar-refractivity contribution in [1.29, 1.82) is 0 Å². The van der Waals surface area contributed by atoms with Crippen molar-refractivity contribution in [3.8, 4) is 61.4 Å². The van der Waals surface area contributed by atoms with Crippen LogP contribution < -0.4 is 4.74 Å². The fourth-order valence-electron chi connectivity index (χ4n) is 11.9. The minimum Gasteiger partial charge on any atom is -0.497 e. The normalized spacial score (nSPS) is 14.0. The highest BCUT2D eigenvalue weighted by Gasteiger charge is 2.44. The fraction of sp³-hybridized carbons (Fsp3) is 0.429. The maximum Gasteiger partial charge on any atom is 0.118 e. The summed E-state index contributed by atoms with van der Waals surface area (Å²) in [5, 5.41) is 0. The minimum atomic E-state index is -0.00349. The van der Waals surface area contributed by atoms with Crippen LogP contribution in [0.1, 0.15) is 178 Å². The van der Waals surface area contributed by atoms with Gasteiger partial charge in [-0.15, -0.1) is 0 Å². The van der Waals surface area contributed by atoms with Crippen molar-refractivity contribution in [3.63, 3.8) is 0 Å². The molecule has 6 aromatic rings. The van der Waals surface area contributed by atoms with E-state index in [1.807, 2.05) is 0 Å². The molecule has 1 heteroatoms. The zero-order valence-corrected chi connectivity index (χ0v) is 40.2. The summed E-state index contributed by atoms with van der Waals surface area (Å²) >= 11 is 0. The lowest BCUT2D eigenvalue weighted by atomic mass is 9.69. The molecule has 2 aliphatic carbocycles. The molecular weight excluding hydrogens is 773 g/mol. The summed E-state index contributed by atoms with van der Waals surface area (Å²) in [4.78, 5) is 0. The van der Waals surface area contributed by atoms with Gasteiger partial charge in [0.2, 0.25) is 0 Å². The molecule has 2 aliphatic rings. The summed E-state index contributed by atoms with van der Waals surface area (Å²) in [7, 11) is 1.73. The number of rotatable bonds is 24. The third kappa shape index (κ3) is 9.29. The molecule has 0 heterocycles. The van der Waals surface area contributed by atoms with Gasteiger partial charge in [0, 0.05) is 10.8 Å². The first kappa shape index (κ1) is 45.7.